The molecule has 6 heteroatoms. The number of ether oxygens (including phenoxy) is 2. The average molecular weight is 387 g/mol. The molecule has 0 aromatic heterocycles. The molecule has 0 saturated carbocycles. The predicted molar refractivity (Wildman–Crippen MR) is 104 cm³/mol. The van der Waals surface area contributed by atoms with Gasteiger partial charge >= 0.3 is 0 Å². The summed E-state index contributed by atoms with van der Waals surface area (Å²) in [6.45, 7) is 2.92. The van der Waals surface area contributed by atoms with Crippen LogP contribution in [-0.4, -0.2) is 25.4 Å². The monoisotopic (exact) mass is 387 g/mol. The van der Waals surface area contributed by atoms with Crippen molar-refractivity contribution in [3.63, 3.8) is 0 Å². The first-order valence-electron chi connectivity index (χ1n) is 9.14. The number of nitrogens with one attached hydrogen (secondary N) is 1. The first-order valence-corrected chi connectivity index (χ1v) is 9.14. The van der Waals surface area contributed by atoms with Crippen molar-refractivity contribution in [1.29, 1.82) is 0 Å². The van der Waals surface area contributed by atoms with E-state index in [0.29, 0.717) is 19.8 Å². The fourth-order valence-corrected chi connectivity index (χ4v) is 2.73. The summed E-state index contributed by atoms with van der Waals surface area (Å²) in [6, 6.07) is 13.9. The third-order valence-electron chi connectivity index (χ3n) is 4.21. The van der Waals surface area contributed by atoms with Crippen LogP contribution in [0, 0.1) is 11.7 Å². The Labute approximate surface area is 164 Å². The van der Waals surface area contributed by atoms with Gasteiger partial charge in [0.05, 0.1) is 25.7 Å². The van der Waals surface area contributed by atoms with Gasteiger partial charge in [0.15, 0.2) is 0 Å². The zero-order valence-electron chi connectivity index (χ0n) is 16.2. The zero-order valence-corrected chi connectivity index (χ0v) is 16.2. The molecule has 0 aliphatic carbocycles. The fourth-order valence-electron chi connectivity index (χ4n) is 2.73. The highest BCUT2D eigenvalue weighted by molar-refractivity contribution is 5.85. The van der Waals surface area contributed by atoms with Crippen molar-refractivity contribution in [2.45, 2.75) is 33.1 Å². The molecule has 0 radical (unpaired) electrons. The predicted octanol–water partition coefficient (Wildman–Crippen LogP) is 3.40. The van der Waals surface area contributed by atoms with Crippen molar-refractivity contribution < 1.29 is 23.5 Å². The summed E-state index contributed by atoms with van der Waals surface area (Å²) in [5.41, 5.74) is 2.87. The fraction of sp³-hybridized carbons (Fsp3) is 0.364. The number of ketones is 1. The first-order chi connectivity index (χ1) is 13.5. The van der Waals surface area contributed by atoms with Crippen LogP contribution in [0.4, 0.5) is 4.39 Å². The summed E-state index contributed by atoms with van der Waals surface area (Å²) in [4.78, 5) is 23.5. The molecule has 28 heavy (non-hydrogen) atoms. The Hall–Kier alpha value is -2.57. The van der Waals surface area contributed by atoms with Gasteiger partial charge in [-0.05, 0) is 35.7 Å². The van der Waals surface area contributed by atoms with E-state index in [2.05, 4.69) is 5.32 Å². The maximum Gasteiger partial charge on any atom is 0.226 e. The van der Waals surface area contributed by atoms with Gasteiger partial charge in [-0.2, -0.15) is 0 Å². The molecule has 0 heterocycles. The Morgan fingerprint density at radius 2 is 1.50 bits per heavy atom. The minimum absolute atomic E-state index is 0.0396. The van der Waals surface area contributed by atoms with Crippen molar-refractivity contribution in [3.8, 4) is 0 Å². The van der Waals surface area contributed by atoms with E-state index in [1.165, 1.54) is 26.2 Å². The molecule has 150 valence electrons. The Morgan fingerprint density at radius 1 is 0.964 bits per heavy atom. The number of benzene rings is 2. The van der Waals surface area contributed by atoms with Crippen LogP contribution in [0.15, 0.2) is 48.5 Å². The van der Waals surface area contributed by atoms with Crippen LogP contribution in [0.3, 0.4) is 0 Å². The molecular weight excluding hydrogens is 361 g/mol. The van der Waals surface area contributed by atoms with Gasteiger partial charge in [-0.3, -0.25) is 4.79 Å². The molecule has 2 aromatic carbocycles. The molecule has 0 saturated heterocycles. The van der Waals surface area contributed by atoms with E-state index in [0.717, 1.165) is 16.7 Å². The number of carbonyl (C=O) groups excluding carboxylic acids is 2. The van der Waals surface area contributed by atoms with Gasteiger partial charge in [-0.15, -0.1) is 0 Å². The van der Waals surface area contributed by atoms with E-state index < -0.39 is 5.92 Å². The van der Waals surface area contributed by atoms with Crippen LogP contribution < -0.4 is 5.32 Å². The van der Waals surface area contributed by atoms with E-state index >= 15 is 0 Å². The lowest BCUT2D eigenvalue weighted by Crippen LogP contribution is -2.33. The van der Waals surface area contributed by atoms with Gasteiger partial charge < -0.3 is 19.6 Å². The second-order valence-corrected chi connectivity index (χ2v) is 6.71. The lowest BCUT2D eigenvalue weighted by Gasteiger charge is -2.14. The molecule has 2 rings (SSSR count). The number of halogens is 1. The molecule has 0 fully saturated rings. The molecular formula is C22H26FNO4. The van der Waals surface area contributed by atoms with Crippen LogP contribution in [0.5, 0.6) is 0 Å². The number of amides is 1. The van der Waals surface area contributed by atoms with Crippen LogP contribution in [0.2, 0.25) is 0 Å². The van der Waals surface area contributed by atoms with Gasteiger partial charge in [0.25, 0.3) is 0 Å². The lowest BCUT2D eigenvalue weighted by atomic mass is 10.0. The quantitative estimate of drug-likeness (QED) is 0.642. The summed E-state index contributed by atoms with van der Waals surface area (Å²) in [7, 11) is 1.51. The van der Waals surface area contributed by atoms with Crippen molar-refractivity contribution >= 4 is 11.7 Å². The number of methoxy groups -OCH3 is 1. The standard InChI is InChI=1S/C22H26FNO4/c1-16(25)11-20(15-27-2)22(26)24-12-17-3-5-18(6-4-17)13-28-14-19-7-9-21(23)10-8-19/h3-10,20H,11-15H2,1-2H3,(H,24,26)/t20-/m1/s1. The average Bonchev–Trinajstić information content (AvgIpc) is 2.68. The number of Topliss-reactive ketones (excluding diaryl/α,β-unsaturated/α-hetero) is 1. The van der Waals surface area contributed by atoms with E-state index in [1.807, 2.05) is 24.3 Å². The Bertz CT molecular complexity index is 759. The van der Waals surface area contributed by atoms with Crippen molar-refractivity contribution in [1.82, 2.24) is 5.32 Å². The second kappa shape index (κ2) is 11.3. The van der Waals surface area contributed by atoms with Gasteiger partial charge in [-0.25, -0.2) is 4.39 Å². The molecule has 0 bridgehead atoms. The maximum absolute atomic E-state index is 12.9. The number of hydrogen-bond acceptors (Lipinski definition) is 4. The highest BCUT2D eigenvalue weighted by Crippen LogP contribution is 2.10. The van der Waals surface area contributed by atoms with Gasteiger partial charge in [-0.1, -0.05) is 36.4 Å². The minimum Gasteiger partial charge on any atom is -0.384 e. The topological polar surface area (TPSA) is 64.6 Å². The third kappa shape index (κ3) is 7.58. The van der Waals surface area contributed by atoms with Crippen LogP contribution in [0.25, 0.3) is 0 Å². The number of hydrogen-bond donors (Lipinski definition) is 1. The molecule has 0 aliphatic rings. The molecule has 1 amide bonds. The maximum atomic E-state index is 12.9. The van der Waals surface area contributed by atoms with Crippen LogP contribution >= 0.6 is 0 Å². The Kier molecular flexibility index (Phi) is 8.78. The van der Waals surface area contributed by atoms with Gasteiger partial charge in [0.2, 0.25) is 5.91 Å². The largest absolute Gasteiger partial charge is 0.384 e. The smallest absolute Gasteiger partial charge is 0.226 e. The molecule has 5 nitrogen and oxygen atoms in total. The lowest BCUT2D eigenvalue weighted by molar-refractivity contribution is -0.130. The molecule has 0 unspecified atom stereocenters. The third-order valence-corrected chi connectivity index (χ3v) is 4.21. The number of rotatable bonds is 11. The summed E-state index contributed by atoms with van der Waals surface area (Å²) >= 11 is 0. The highest BCUT2D eigenvalue weighted by atomic mass is 19.1. The minimum atomic E-state index is -0.471. The molecule has 0 spiro atoms. The van der Waals surface area contributed by atoms with Gasteiger partial charge in [0.1, 0.15) is 11.6 Å². The Balaban J connectivity index is 1.77. The van der Waals surface area contributed by atoms with Crippen molar-refractivity contribution in [2.75, 3.05) is 13.7 Å². The Morgan fingerprint density at radius 3 is 2.04 bits per heavy atom. The molecule has 2 aromatic rings. The van der Waals surface area contributed by atoms with Crippen LogP contribution in [-0.2, 0) is 38.8 Å². The van der Waals surface area contributed by atoms with E-state index in [9.17, 15) is 14.0 Å². The molecule has 0 aliphatic heterocycles. The van der Waals surface area contributed by atoms with Crippen LogP contribution in [0.1, 0.15) is 30.0 Å². The summed E-state index contributed by atoms with van der Waals surface area (Å²) in [5, 5.41) is 2.84. The van der Waals surface area contributed by atoms with Crippen molar-refractivity contribution in [3.05, 3.63) is 71.0 Å². The van der Waals surface area contributed by atoms with E-state index in [1.54, 1.807) is 12.1 Å². The first kappa shape index (κ1) is 21.7. The zero-order chi connectivity index (χ0) is 20.4. The SMILES string of the molecule is COC[C@@H](CC(C)=O)C(=O)NCc1ccc(COCc2ccc(F)cc2)cc1. The highest BCUT2D eigenvalue weighted by Gasteiger charge is 2.19. The van der Waals surface area contributed by atoms with Crippen molar-refractivity contribution in [2.24, 2.45) is 5.92 Å². The van der Waals surface area contributed by atoms with E-state index in [-0.39, 0.29) is 30.5 Å². The summed E-state index contributed by atoms with van der Waals surface area (Å²) in [6.07, 6.45) is 0.171. The summed E-state index contributed by atoms with van der Waals surface area (Å²) < 4.78 is 23.5. The summed E-state index contributed by atoms with van der Waals surface area (Å²) in [5.74, 6) is -0.964. The normalized spacial score (nSPS) is 11.8. The molecule has 1 N–H and O–H groups in total. The number of carbonyl (C=O) groups is 2. The molecule has 1 atom stereocenters. The van der Waals surface area contributed by atoms with Gasteiger partial charge in [0, 0.05) is 20.1 Å². The van der Waals surface area contributed by atoms with E-state index in [4.69, 9.17) is 9.47 Å². The second-order valence-electron chi connectivity index (χ2n) is 6.71.